The van der Waals surface area contributed by atoms with Crippen molar-refractivity contribution in [2.24, 2.45) is 46.3 Å². The lowest BCUT2D eigenvalue weighted by Crippen LogP contribution is -2.63. The number of carbonyl (C=O) groups excluding carboxylic acids is 4. The number of ether oxygens (including phenoxy) is 3. The number of hydrogen-bond donors (Lipinski definition) is 0. The van der Waals surface area contributed by atoms with Gasteiger partial charge in [0.25, 0.3) is 19.4 Å². The minimum absolute atomic E-state index is 0.0185. The van der Waals surface area contributed by atoms with E-state index in [2.05, 4.69) is 20.8 Å². The van der Waals surface area contributed by atoms with Crippen LogP contribution >= 0.6 is 0 Å². The quantitative estimate of drug-likeness (QED) is 0.343. The van der Waals surface area contributed by atoms with Crippen LogP contribution in [-0.4, -0.2) is 61.6 Å². The lowest BCUT2D eigenvalue weighted by molar-refractivity contribution is -0.218. The average molecular weight is 532 g/mol. The normalized spacial score (nSPS) is 45.0. The van der Waals surface area contributed by atoms with Crippen LogP contribution in [0.2, 0.25) is 0 Å². The fourth-order valence-corrected chi connectivity index (χ4v) is 10.2. The van der Waals surface area contributed by atoms with Crippen molar-refractivity contribution in [2.75, 3.05) is 13.1 Å². The van der Waals surface area contributed by atoms with Crippen LogP contribution in [0.1, 0.15) is 85.0 Å². The van der Waals surface area contributed by atoms with Crippen LogP contribution in [-0.2, 0) is 33.4 Å². The Labute approximate surface area is 226 Å². The minimum atomic E-state index is -0.363. The number of likely N-dealkylation sites (tertiary alicyclic amines) is 1. The Hall–Kier alpha value is -2.12. The van der Waals surface area contributed by atoms with Crippen molar-refractivity contribution in [2.45, 2.75) is 103 Å². The number of rotatable bonds is 8. The Morgan fingerprint density at radius 2 is 1.58 bits per heavy atom. The smallest absolute Gasteiger partial charge is 0.293 e. The zero-order valence-electron chi connectivity index (χ0n) is 23.2. The molecule has 1 aliphatic heterocycles. The van der Waals surface area contributed by atoms with Gasteiger partial charge in [0.2, 0.25) is 5.91 Å². The Morgan fingerprint density at radius 1 is 0.868 bits per heavy atom. The van der Waals surface area contributed by atoms with E-state index in [4.69, 9.17) is 14.2 Å². The van der Waals surface area contributed by atoms with Crippen molar-refractivity contribution in [3.63, 3.8) is 0 Å². The van der Waals surface area contributed by atoms with E-state index in [0.29, 0.717) is 25.8 Å². The van der Waals surface area contributed by atoms with Crippen LogP contribution in [0.15, 0.2) is 0 Å². The molecule has 212 valence electrons. The highest BCUT2D eigenvalue weighted by Gasteiger charge is 2.68. The van der Waals surface area contributed by atoms with Gasteiger partial charge in [0, 0.05) is 30.3 Å². The number of amides is 1. The number of fused-ring (bicyclic) bond motifs is 5. The molecule has 1 amide bonds. The molecule has 8 nitrogen and oxygen atoms in total. The van der Waals surface area contributed by atoms with E-state index in [1.54, 1.807) is 0 Å². The predicted octanol–water partition coefficient (Wildman–Crippen LogP) is 4.14. The van der Waals surface area contributed by atoms with Crippen molar-refractivity contribution >= 4 is 25.3 Å². The SMILES string of the molecule is C[C@H](C(=O)N1CCCCC1)[C@H]1CC[C@H]2[C@@H]3[C@H](OC=O)C[C@@H]4C[C@H](OC=O)CC[C@]4(C)[C@H]3C[C@H](OC=O)[C@]12C. The molecule has 11 atom stereocenters. The van der Waals surface area contributed by atoms with Crippen molar-refractivity contribution in [1.82, 2.24) is 4.90 Å². The second-order valence-corrected chi connectivity index (χ2v) is 13.3. The summed E-state index contributed by atoms with van der Waals surface area (Å²) >= 11 is 0. The van der Waals surface area contributed by atoms with Gasteiger partial charge in [0.15, 0.2) is 0 Å². The van der Waals surface area contributed by atoms with Crippen LogP contribution in [0.4, 0.5) is 0 Å². The third kappa shape index (κ3) is 4.34. The first kappa shape index (κ1) is 27.4. The summed E-state index contributed by atoms with van der Waals surface area (Å²) < 4.78 is 17.2. The second kappa shape index (κ2) is 10.8. The van der Waals surface area contributed by atoms with E-state index in [0.717, 1.165) is 64.5 Å². The molecule has 1 saturated heterocycles. The van der Waals surface area contributed by atoms with Gasteiger partial charge in [0.1, 0.15) is 18.3 Å². The maximum absolute atomic E-state index is 13.6. The second-order valence-electron chi connectivity index (χ2n) is 13.3. The molecule has 38 heavy (non-hydrogen) atoms. The first-order chi connectivity index (χ1) is 18.3. The zero-order valence-corrected chi connectivity index (χ0v) is 23.2. The molecule has 4 aliphatic carbocycles. The zero-order chi connectivity index (χ0) is 27.1. The van der Waals surface area contributed by atoms with E-state index in [-0.39, 0.29) is 70.6 Å². The van der Waals surface area contributed by atoms with E-state index in [9.17, 15) is 19.2 Å². The molecule has 0 spiro atoms. The first-order valence-corrected chi connectivity index (χ1v) is 14.9. The van der Waals surface area contributed by atoms with Gasteiger partial charge >= 0.3 is 0 Å². The summed E-state index contributed by atoms with van der Waals surface area (Å²) in [6, 6.07) is 0. The Balaban J connectivity index is 1.47. The lowest BCUT2D eigenvalue weighted by atomic mass is 9.43. The van der Waals surface area contributed by atoms with Crippen molar-refractivity contribution < 1.29 is 33.4 Å². The molecule has 0 aromatic heterocycles. The van der Waals surface area contributed by atoms with Gasteiger partial charge in [-0.25, -0.2) is 0 Å². The molecular weight excluding hydrogens is 486 g/mol. The molecule has 5 fully saturated rings. The molecule has 1 heterocycles. The third-order valence-electron chi connectivity index (χ3n) is 12.1. The van der Waals surface area contributed by atoms with Gasteiger partial charge in [-0.1, -0.05) is 20.8 Å². The molecule has 0 radical (unpaired) electrons. The number of nitrogens with zero attached hydrogens (tertiary/aromatic N) is 1. The van der Waals surface area contributed by atoms with Crippen molar-refractivity contribution in [1.29, 1.82) is 0 Å². The van der Waals surface area contributed by atoms with E-state index < -0.39 is 0 Å². The fourth-order valence-electron chi connectivity index (χ4n) is 10.2. The number of carbonyl (C=O) groups is 4. The molecule has 4 saturated carbocycles. The highest BCUT2D eigenvalue weighted by molar-refractivity contribution is 5.79. The highest BCUT2D eigenvalue weighted by atomic mass is 16.5. The third-order valence-corrected chi connectivity index (χ3v) is 12.1. The standard InChI is InChI=1S/C30H45NO7/c1-19(28(35)31-11-5-4-6-12-31)22-7-8-23-27-24(15-26(38-18-34)30(22,23)3)29(2)10-9-21(36-16-32)13-20(29)14-25(27)37-17-33/h16-27H,4-15H2,1-3H3/t19-,20-,21+,22+,23-,24-,25+,26-,27-,29-,30+/m0/s1. The highest BCUT2D eigenvalue weighted by Crippen LogP contribution is 2.69. The molecule has 0 aromatic carbocycles. The van der Waals surface area contributed by atoms with Crippen LogP contribution in [0, 0.1) is 46.3 Å². The maximum atomic E-state index is 13.6. The van der Waals surface area contributed by atoms with Gasteiger partial charge in [-0.05, 0) is 93.3 Å². The van der Waals surface area contributed by atoms with Crippen LogP contribution in [0.5, 0.6) is 0 Å². The molecule has 0 bridgehead atoms. The van der Waals surface area contributed by atoms with Crippen LogP contribution < -0.4 is 0 Å². The average Bonchev–Trinajstić information content (AvgIpc) is 3.28. The summed E-state index contributed by atoms with van der Waals surface area (Å²) in [5.41, 5.74) is -0.381. The van der Waals surface area contributed by atoms with Crippen molar-refractivity contribution in [3.05, 3.63) is 0 Å². The summed E-state index contributed by atoms with van der Waals surface area (Å²) in [7, 11) is 0. The Kier molecular flexibility index (Phi) is 7.80. The van der Waals surface area contributed by atoms with Gasteiger partial charge in [-0.3, -0.25) is 19.2 Å². The van der Waals surface area contributed by atoms with Crippen molar-refractivity contribution in [3.8, 4) is 0 Å². The maximum Gasteiger partial charge on any atom is 0.293 e. The van der Waals surface area contributed by atoms with Gasteiger partial charge in [-0.15, -0.1) is 0 Å². The first-order valence-electron chi connectivity index (χ1n) is 14.9. The van der Waals surface area contributed by atoms with Gasteiger partial charge in [-0.2, -0.15) is 0 Å². The summed E-state index contributed by atoms with van der Waals surface area (Å²) in [5, 5.41) is 0. The molecule has 8 heteroatoms. The minimum Gasteiger partial charge on any atom is -0.465 e. The van der Waals surface area contributed by atoms with E-state index in [1.165, 1.54) is 6.42 Å². The Morgan fingerprint density at radius 3 is 2.26 bits per heavy atom. The topological polar surface area (TPSA) is 99.2 Å². The fraction of sp³-hybridized carbons (Fsp3) is 0.867. The monoisotopic (exact) mass is 531 g/mol. The van der Waals surface area contributed by atoms with Gasteiger partial charge in [0.05, 0.1) is 0 Å². The lowest BCUT2D eigenvalue weighted by Gasteiger charge is -2.64. The summed E-state index contributed by atoms with van der Waals surface area (Å²) in [4.78, 5) is 50.3. The molecule has 5 aliphatic rings. The van der Waals surface area contributed by atoms with Crippen LogP contribution in [0.3, 0.4) is 0 Å². The number of hydrogen-bond acceptors (Lipinski definition) is 7. The largest absolute Gasteiger partial charge is 0.465 e. The number of piperidine rings is 1. The molecular formula is C30H45NO7. The summed E-state index contributed by atoms with van der Waals surface area (Å²) in [6.45, 7) is 10.1. The summed E-state index contributed by atoms with van der Waals surface area (Å²) in [5.74, 6) is 1.01. The Bertz CT molecular complexity index is 905. The van der Waals surface area contributed by atoms with E-state index >= 15 is 0 Å². The molecule has 0 unspecified atom stereocenters. The summed E-state index contributed by atoms with van der Waals surface area (Å²) in [6.07, 6.45) is 8.52. The molecule has 0 aromatic rings. The molecule has 0 N–H and O–H groups in total. The predicted molar refractivity (Wildman–Crippen MR) is 138 cm³/mol. The molecule has 5 rings (SSSR count). The van der Waals surface area contributed by atoms with Gasteiger partial charge < -0.3 is 19.1 Å². The van der Waals surface area contributed by atoms with Crippen LogP contribution in [0.25, 0.3) is 0 Å². The van der Waals surface area contributed by atoms with E-state index in [1.807, 2.05) is 4.90 Å².